The van der Waals surface area contributed by atoms with Crippen LogP contribution in [0.3, 0.4) is 0 Å². The van der Waals surface area contributed by atoms with E-state index in [0.29, 0.717) is 18.3 Å². The highest BCUT2D eigenvalue weighted by Crippen LogP contribution is 2.10. The molecule has 1 saturated heterocycles. The van der Waals surface area contributed by atoms with Crippen LogP contribution in [0, 0.1) is 0 Å². The lowest BCUT2D eigenvalue weighted by Gasteiger charge is -2.14. The minimum Gasteiger partial charge on any atom is -0.454 e. The zero-order valence-corrected chi connectivity index (χ0v) is 14.3. The number of halogens is 1. The smallest absolute Gasteiger partial charge is 0.284 e. The normalized spacial score (nSPS) is 18.1. The molecule has 7 nitrogen and oxygen atoms in total. The van der Waals surface area contributed by atoms with Crippen molar-refractivity contribution in [3.63, 3.8) is 0 Å². The van der Waals surface area contributed by atoms with E-state index in [-0.39, 0.29) is 35.8 Å². The van der Waals surface area contributed by atoms with Crippen LogP contribution in [0.1, 0.15) is 29.2 Å². The molecule has 1 aliphatic heterocycles. The number of guanidine groups is 1. The standard InChI is InChI=1S/C13H20N4O3.HI/c1-15-13(16-7-9-3-2-6-19-9)17-8-10-4-5-11(20-10)12(14)18;/h4-5,9H,2-3,6-8H2,1H3,(H2,14,18)(H2,15,16,17);1H. The Bertz CT molecular complexity index is 484. The third-order valence-corrected chi connectivity index (χ3v) is 3.08. The summed E-state index contributed by atoms with van der Waals surface area (Å²) in [6.45, 7) is 1.99. The molecule has 1 unspecified atom stereocenters. The summed E-state index contributed by atoms with van der Waals surface area (Å²) in [4.78, 5) is 15.0. The first-order valence-corrected chi connectivity index (χ1v) is 6.63. The Balaban J connectivity index is 0.00000220. The largest absolute Gasteiger partial charge is 0.454 e. The highest BCUT2D eigenvalue weighted by Gasteiger charge is 2.15. The van der Waals surface area contributed by atoms with Crippen LogP contribution in [-0.2, 0) is 11.3 Å². The molecule has 1 amide bonds. The molecule has 1 aliphatic rings. The third-order valence-electron chi connectivity index (χ3n) is 3.08. The highest BCUT2D eigenvalue weighted by molar-refractivity contribution is 14.0. The van der Waals surface area contributed by atoms with Crippen molar-refractivity contribution in [3.05, 3.63) is 23.7 Å². The molecule has 2 heterocycles. The number of hydrogen-bond donors (Lipinski definition) is 3. The van der Waals surface area contributed by atoms with E-state index in [2.05, 4.69) is 15.6 Å². The molecule has 4 N–H and O–H groups in total. The SMILES string of the molecule is CN=C(NCc1ccc(C(N)=O)o1)NCC1CCCO1.I. The van der Waals surface area contributed by atoms with E-state index in [9.17, 15) is 4.79 Å². The maximum absolute atomic E-state index is 10.9. The van der Waals surface area contributed by atoms with Gasteiger partial charge in [-0.15, -0.1) is 24.0 Å². The van der Waals surface area contributed by atoms with Crippen molar-refractivity contribution in [2.45, 2.75) is 25.5 Å². The van der Waals surface area contributed by atoms with Crippen molar-refractivity contribution in [2.75, 3.05) is 20.2 Å². The molecule has 0 saturated carbocycles. The summed E-state index contributed by atoms with van der Waals surface area (Å²) in [7, 11) is 1.70. The lowest BCUT2D eigenvalue weighted by atomic mass is 10.2. The molecule has 1 aromatic rings. The summed E-state index contributed by atoms with van der Waals surface area (Å²) >= 11 is 0. The van der Waals surface area contributed by atoms with E-state index in [4.69, 9.17) is 14.9 Å². The van der Waals surface area contributed by atoms with Crippen LogP contribution in [0.5, 0.6) is 0 Å². The zero-order valence-electron chi connectivity index (χ0n) is 11.9. The minimum atomic E-state index is -0.572. The summed E-state index contributed by atoms with van der Waals surface area (Å²) in [5.41, 5.74) is 5.12. The molecule has 0 bridgehead atoms. The van der Waals surface area contributed by atoms with Crippen molar-refractivity contribution < 1.29 is 13.9 Å². The number of amides is 1. The predicted octanol–water partition coefficient (Wildman–Crippen LogP) is 0.840. The van der Waals surface area contributed by atoms with Gasteiger partial charge in [-0.3, -0.25) is 9.79 Å². The molecule has 0 radical (unpaired) electrons. The Labute approximate surface area is 140 Å². The van der Waals surface area contributed by atoms with Crippen molar-refractivity contribution in [3.8, 4) is 0 Å². The number of nitrogens with zero attached hydrogens (tertiary/aromatic N) is 1. The fourth-order valence-corrected chi connectivity index (χ4v) is 2.01. The first-order valence-electron chi connectivity index (χ1n) is 6.63. The van der Waals surface area contributed by atoms with Crippen LogP contribution in [0.15, 0.2) is 21.5 Å². The van der Waals surface area contributed by atoms with E-state index >= 15 is 0 Å². The van der Waals surface area contributed by atoms with Gasteiger partial charge in [0.2, 0.25) is 0 Å². The molecule has 8 heteroatoms. The van der Waals surface area contributed by atoms with Gasteiger partial charge in [0.15, 0.2) is 11.7 Å². The molecule has 0 aliphatic carbocycles. The van der Waals surface area contributed by atoms with Crippen molar-refractivity contribution in [1.29, 1.82) is 0 Å². The second-order valence-corrected chi connectivity index (χ2v) is 4.57. The number of aliphatic imine (C=N–C) groups is 1. The Morgan fingerprint density at radius 1 is 1.48 bits per heavy atom. The second-order valence-electron chi connectivity index (χ2n) is 4.57. The van der Waals surface area contributed by atoms with Gasteiger partial charge in [0.1, 0.15) is 5.76 Å². The van der Waals surface area contributed by atoms with Crippen LogP contribution < -0.4 is 16.4 Å². The monoisotopic (exact) mass is 408 g/mol. The summed E-state index contributed by atoms with van der Waals surface area (Å²) in [6, 6.07) is 3.27. The van der Waals surface area contributed by atoms with Crippen LogP contribution in [0.25, 0.3) is 0 Å². The number of hydrogen-bond acceptors (Lipinski definition) is 4. The maximum atomic E-state index is 10.9. The lowest BCUT2D eigenvalue weighted by Crippen LogP contribution is -2.40. The Kier molecular flexibility index (Phi) is 7.51. The number of nitrogens with two attached hydrogens (primary N) is 1. The molecular weight excluding hydrogens is 387 g/mol. The summed E-state index contributed by atoms with van der Waals surface area (Å²) in [6.07, 6.45) is 2.43. The van der Waals surface area contributed by atoms with E-state index < -0.39 is 5.91 Å². The van der Waals surface area contributed by atoms with E-state index in [1.54, 1.807) is 19.2 Å². The third kappa shape index (κ3) is 5.54. The maximum Gasteiger partial charge on any atom is 0.284 e. The van der Waals surface area contributed by atoms with Crippen LogP contribution in [0.4, 0.5) is 0 Å². The number of carbonyl (C=O) groups excluding carboxylic acids is 1. The number of rotatable bonds is 5. The van der Waals surface area contributed by atoms with Crippen LogP contribution in [0.2, 0.25) is 0 Å². The molecular formula is C13H21IN4O3. The second kappa shape index (κ2) is 8.88. The van der Waals surface area contributed by atoms with Gasteiger partial charge < -0.3 is 25.5 Å². The molecule has 1 fully saturated rings. The van der Waals surface area contributed by atoms with Crippen LogP contribution >= 0.6 is 24.0 Å². The van der Waals surface area contributed by atoms with Crippen molar-refractivity contribution >= 4 is 35.8 Å². The molecule has 21 heavy (non-hydrogen) atoms. The highest BCUT2D eigenvalue weighted by atomic mass is 127. The molecule has 2 rings (SSSR count). The number of nitrogens with one attached hydrogen (secondary N) is 2. The number of ether oxygens (including phenoxy) is 1. The topological polar surface area (TPSA) is 102 Å². The van der Waals surface area contributed by atoms with Crippen LogP contribution in [-0.4, -0.2) is 38.2 Å². The summed E-state index contributed by atoms with van der Waals surface area (Å²) in [5.74, 6) is 0.873. The fourth-order valence-electron chi connectivity index (χ4n) is 2.01. The van der Waals surface area contributed by atoms with E-state index in [1.165, 1.54) is 0 Å². The fraction of sp³-hybridized carbons (Fsp3) is 0.538. The molecule has 1 aromatic heterocycles. The summed E-state index contributed by atoms with van der Waals surface area (Å²) in [5, 5.41) is 6.29. The zero-order chi connectivity index (χ0) is 14.4. The number of furan rings is 1. The molecule has 118 valence electrons. The molecule has 0 aromatic carbocycles. The average Bonchev–Trinajstić information content (AvgIpc) is 3.10. The molecule has 1 atom stereocenters. The predicted molar refractivity (Wildman–Crippen MR) is 89.8 cm³/mol. The Morgan fingerprint density at radius 3 is 2.86 bits per heavy atom. The lowest BCUT2D eigenvalue weighted by molar-refractivity contribution is 0.0972. The van der Waals surface area contributed by atoms with Gasteiger partial charge in [0.25, 0.3) is 5.91 Å². The van der Waals surface area contributed by atoms with Crippen molar-refractivity contribution in [1.82, 2.24) is 10.6 Å². The van der Waals surface area contributed by atoms with E-state index in [0.717, 1.165) is 26.0 Å². The Hall–Kier alpha value is -1.29. The first-order chi connectivity index (χ1) is 9.69. The van der Waals surface area contributed by atoms with E-state index in [1.807, 2.05) is 0 Å². The quantitative estimate of drug-likeness (QED) is 0.381. The van der Waals surface area contributed by atoms with Gasteiger partial charge in [0.05, 0.1) is 12.6 Å². The van der Waals surface area contributed by atoms with Gasteiger partial charge in [-0.05, 0) is 25.0 Å². The van der Waals surface area contributed by atoms with Gasteiger partial charge >= 0.3 is 0 Å². The van der Waals surface area contributed by atoms with Gasteiger partial charge in [0, 0.05) is 20.2 Å². The number of carbonyl (C=O) groups is 1. The van der Waals surface area contributed by atoms with Gasteiger partial charge in [-0.25, -0.2) is 0 Å². The first kappa shape index (κ1) is 17.8. The summed E-state index contributed by atoms with van der Waals surface area (Å²) < 4.78 is 10.8. The average molecular weight is 408 g/mol. The van der Waals surface area contributed by atoms with Crippen molar-refractivity contribution in [2.24, 2.45) is 10.7 Å². The van der Waals surface area contributed by atoms with Gasteiger partial charge in [-0.2, -0.15) is 0 Å². The number of primary amides is 1. The molecule has 0 spiro atoms. The van der Waals surface area contributed by atoms with Gasteiger partial charge in [-0.1, -0.05) is 0 Å². The Morgan fingerprint density at radius 2 is 2.29 bits per heavy atom. The minimum absolute atomic E-state index is 0.